The van der Waals surface area contributed by atoms with E-state index in [9.17, 15) is 9.59 Å². The van der Waals surface area contributed by atoms with Gasteiger partial charge in [0.2, 0.25) is 0 Å². The zero-order valence-electron chi connectivity index (χ0n) is 13.3. The van der Waals surface area contributed by atoms with Crippen LogP contribution in [0, 0.1) is 6.92 Å². The highest BCUT2D eigenvalue weighted by Gasteiger charge is 2.31. The predicted octanol–water partition coefficient (Wildman–Crippen LogP) is 2.10. The molecule has 23 heavy (non-hydrogen) atoms. The summed E-state index contributed by atoms with van der Waals surface area (Å²) in [6, 6.07) is 7.23. The lowest BCUT2D eigenvalue weighted by Crippen LogP contribution is -2.34. The van der Waals surface area contributed by atoms with Gasteiger partial charge in [0.1, 0.15) is 11.4 Å². The summed E-state index contributed by atoms with van der Waals surface area (Å²) in [4.78, 5) is 33.5. The molecule has 1 saturated heterocycles. The third kappa shape index (κ3) is 2.97. The van der Waals surface area contributed by atoms with E-state index in [4.69, 9.17) is 0 Å². The summed E-state index contributed by atoms with van der Waals surface area (Å²) in [7, 11) is 1.82. The minimum Gasteiger partial charge on any atom is -0.373 e. The fourth-order valence-electron chi connectivity index (χ4n) is 3.04. The molecule has 0 bridgehead atoms. The summed E-state index contributed by atoms with van der Waals surface area (Å²) in [6.45, 7) is 2.46. The van der Waals surface area contributed by atoms with E-state index in [0.29, 0.717) is 6.54 Å². The van der Waals surface area contributed by atoms with Crippen LogP contribution >= 0.6 is 0 Å². The molecule has 0 saturated carbocycles. The van der Waals surface area contributed by atoms with Crippen LogP contribution in [-0.4, -0.2) is 34.4 Å². The number of carbonyl (C=O) groups is 1. The lowest BCUT2D eigenvalue weighted by Gasteiger charge is -2.25. The van der Waals surface area contributed by atoms with Gasteiger partial charge in [-0.3, -0.25) is 9.59 Å². The molecule has 0 aromatic carbocycles. The average molecular weight is 312 g/mol. The fraction of sp³-hybridized carbons (Fsp3) is 0.353. The van der Waals surface area contributed by atoms with Crippen molar-refractivity contribution in [3.05, 3.63) is 57.6 Å². The number of H-pyrrole nitrogens is 1. The summed E-state index contributed by atoms with van der Waals surface area (Å²) in [5, 5.41) is 3.01. The largest absolute Gasteiger partial charge is 0.373 e. The topological polar surface area (TPSA) is 78.1 Å². The van der Waals surface area contributed by atoms with E-state index in [0.717, 1.165) is 29.9 Å². The van der Waals surface area contributed by atoms with E-state index in [1.54, 1.807) is 30.2 Å². The van der Waals surface area contributed by atoms with Gasteiger partial charge in [0.25, 0.3) is 11.5 Å². The van der Waals surface area contributed by atoms with Gasteiger partial charge in [0.05, 0.1) is 6.04 Å². The van der Waals surface area contributed by atoms with Crippen LogP contribution in [-0.2, 0) is 0 Å². The van der Waals surface area contributed by atoms with E-state index >= 15 is 0 Å². The maximum Gasteiger partial charge on any atom is 0.260 e. The number of aromatic amines is 1. The summed E-state index contributed by atoms with van der Waals surface area (Å²) >= 11 is 0. The first-order valence-electron chi connectivity index (χ1n) is 7.75. The Hall–Kier alpha value is -2.63. The summed E-state index contributed by atoms with van der Waals surface area (Å²) in [6.07, 6.45) is 3.56. The van der Waals surface area contributed by atoms with Gasteiger partial charge >= 0.3 is 0 Å². The number of likely N-dealkylation sites (tertiary alicyclic amines) is 1. The van der Waals surface area contributed by atoms with Gasteiger partial charge in [-0.25, -0.2) is 4.98 Å². The Kier molecular flexibility index (Phi) is 4.14. The van der Waals surface area contributed by atoms with Gasteiger partial charge < -0.3 is 15.2 Å². The minimum absolute atomic E-state index is 0.0155. The van der Waals surface area contributed by atoms with Crippen molar-refractivity contribution in [3.63, 3.8) is 0 Å². The van der Waals surface area contributed by atoms with E-state index in [1.807, 2.05) is 19.2 Å². The quantitative estimate of drug-likeness (QED) is 0.910. The van der Waals surface area contributed by atoms with Crippen LogP contribution in [0.15, 0.2) is 35.3 Å². The molecule has 6 nitrogen and oxygen atoms in total. The van der Waals surface area contributed by atoms with Crippen LogP contribution in [0.25, 0.3) is 0 Å². The van der Waals surface area contributed by atoms with E-state index < -0.39 is 0 Å². The van der Waals surface area contributed by atoms with Gasteiger partial charge in [0.15, 0.2) is 0 Å². The zero-order chi connectivity index (χ0) is 16.4. The maximum absolute atomic E-state index is 12.8. The normalized spacial score (nSPS) is 17.3. The summed E-state index contributed by atoms with van der Waals surface area (Å²) in [5.41, 5.74) is 1.66. The Morgan fingerprint density at radius 2 is 2.22 bits per heavy atom. The Morgan fingerprint density at radius 3 is 2.96 bits per heavy atom. The lowest BCUT2D eigenvalue weighted by molar-refractivity contribution is 0.0734. The fourth-order valence-corrected chi connectivity index (χ4v) is 3.04. The molecule has 2 N–H and O–H groups in total. The number of nitrogens with one attached hydrogen (secondary N) is 2. The summed E-state index contributed by atoms with van der Waals surface area (Å²) < 4.78 is 0. The molecule has 1 aliphatic heterocycles. The number of carbonyl (C=O) groups excluding carboxylic acids is 1. The molecular formula is C17H20N4O2. The van der Waals surface area contributed by atoms with Crippen LogP contribution < -0.4 is 10.9 Å². The molecule has 0 aliphatic carbocycles. The van der Waals surface area contributed by atoms with Gasteiger partial charge in [-0.1, -0.05) is 0 Å². The third-order valence-corrected chi connectivity index (χ3v) is 4.22. The number of amides is 1. The molecule has 1 aliphatic rings. The van der Waals surface area contributed by atoms with Crippen molar-refractivity contribution in [1.82, 2.24) is 14.9 Å². The second-order valence-electron chi connectivity index (χ2n) is 5.77. The molecule has 0 radical (unpaired) electrons. The third-order valence-electron chi connectivity index (χ3n) is 4.22. The van der Waals surface area contributed by atoms with Crippen LogP contribution in [0.1, 0.15) is 40.5 Å². The van der Waals surface area contributed by atoms with Crippen LogP contribution in [0.3, 0.4) is 0 Å². The number of aryl methyl sites for hydroxylation is 1. The van der Waals surface area contributed by atoms with Gasteiger partial charge in [-0.15, -0.1) is 0 Å². The second-order valence-corrected chi connectivity index (χ2v) is 5.77. The number of rotatable bonds is 3. The highest BCUT2D eigenvalue weighted by atomic mass is 16.2. The second kappa shape index (κ2) is 6.24. The van der Waals surface area contributed by atoms with Gasteiger partial charge in [-0.2, -0.15) is 0 Å². The van der Waals surface area contributed by atoms with E-state index in [-0.39, 0.29) is 23.1 Å². The monoisotopic (exact) mass is 312 g/mol. The first-order valence-corrected chi connectivity index (χ1v) is 7.75. The standard InChI is InChI=1S/C17H20N4O2/c1-11-5-6-13(16(22)20-11)17(23)21-9-3-4-14(21)12-7-8-19-15(10-12)18-2/h5-8,10,14H,3-4,9H2,1-2H3,(H,18,19)(H,20,22)/t14-/m0/s1. The molecular weight excluding hydrogens is 292 g/mol. The Balaban J connectivity index is 1.91. The van der Waals surface area contributed by atoms with Crippen LogP contribution in [0.2, 0.25) is 0 Å². The van der Waals surface area contributed by atoms with Crippen LogP contribution in [0.4, 0.5) is 5.82 Å². The molecule has 2 aromatic rings. The molecule has 0 spiro atoms. The molecule has 3 heterocycles. The molecule has 6 heteroatoms. The first-order chi connectivity index (χ1) is 11.1. The number of hydrogen-bond acceptors (Lipinski definition) is 4. The predicted molar refractivity (Wildman–Crippen MR) is 88.6 cm³/mol. The van der Waals surface area contributed by atoms with Crippen LogP contribution in [0.5, 0.6) is 0 Å². The van der Waals surface area contributed by atoms with Gasteiger partial charge in [0, 0.05) is 25.5 Å². The molecule has 3 rings (SSSR count). The number of anilines is 1. The Labute approximate surface area is 134 Å². The number of pyridine rings is 2. The minimum atomic E-state index is -0.328. The highest BCUT2D eigenvalue weighted by molar-refractivity contribution is 5.94. The number of hydrogen-bond donors (Lipinski definition) is 2. The van der Waals surface area contributed by atoms with E-state index in [2.05, 4.69) is 15.3 Å². The first kappa shape index (κ1) is 15.3. The number of nitrogens with zero attached hydrogens (tertiary/aromatic N) is 2. The van der Waals surface area contributed by atoms with Crippen molar-refractivity contribution in [3.8, 4) is 0 Å². The smallest absolute Gasteiger partial charge is 0.260 e. The maximum atomic E-state index is 12.8. The van der Waals surface area contributed by atoms with Crippen molar-refractivity contribution in [1.29, 1.82) is 0 Å². The van der Waals surface area contributed by atoms with E-state index in [1.165, 1.54) is 0 Å². The molecule has 1 fully saturated rings. The molecule has 2 aromatic heterocycles. The zero-order valence-corrected chi connectivity index (χ0v) is 13.3. The van der Waals surface area contributed by atoms with Crippen molar-refractivity contribution >= 4 is 11.7 Å². The SMILES string of the molecule is CNc1cc([C@@H]2CCCN2C(=O)c2ccc(C)[nH]c2=O)ccn1. The van der Waals surface area contributed by atoms with Gasteiger partial charge in [-0.05, 0) is 49.6 Å². The Bertz CT molecular complexity index is 784. The Morgan fingerprint density at radius 1 is 1.39 bits per heavy atom. The van der Waals surface area contributed by atoms with Crippen molar-refractivity contribution < 1.29 is 4.79 Å². The molecule has 0 unspecified atom stereocenters. The molecule has 1 amide bonds. The van der Waals surface area contributed by atoms with Crippen molar-refractivity contribution in [2.24, 2.45) is 0 Å². The molecule has 120 valence electrons. The lowest BCUT2D eigenvalue weighted by atomic mass is 10.1. The van der Waals surface area contributed by atoms with Crippen molar-refractivity contribution in [2.75, 3.05) is 18.9 Å². The highest BCUT2D eigenvalue weighted by Crippen LogP contribution is 2.33. The molecule has 1 atom stereocenters. The van der Waals surface area contributed by atoms with Crippen molar-refractivity contribution in [2.45, 2.75) is 25.8 Å². The summed E-state index contributed by atoms with van der Waals surface area (Å²) in [5.74, 6) is 0.562. The number of aromatic nitrogens is 2. The average Bonchev–Trinajstić information content (AvgIpc) is 3.04.